The van der Waals surface area contributed by atoms with Crippen LogP contribution in [0.15, 0.2) is 18.2 Å². The molecule has 1 aromatic heterocycles. The zero-order valence-corrected chi connectivity index (χ0v) is 23.5. The first-order chi connectivity index (χ1) is 17.9. The van der Waals surface area contributed by atoms with Gasteiger partial charge in [0.15, 0.2) is 5.82 Å². The molecule has 2 amide bonds. The van der Waals surface area contributed by atoms with Gasteiger partial charge in [0.25, 0.3) is 5.91 Å². The summed E-state index contributed by atoms with van der Waals surface area (Å²) in [5.41, 5.74) is 0.608. The SMILES string of the molecule is COCCCCn1c(C(=O)N(CC(C)C)[C@H]2C[C@@H](CO)CN(C(=O)O)C2C(C)(C)C)nc2ccc(F)cc21. The molecule has 0 bridgehead atoms. The Bertz CT molecular complexity index is 1110. The molecule has 212 valence electrons. The Labute approximate surface area is 224 Å². The summed E-state index contributed by atoms with van der Waals surface area (Å²) in [5, 5.41) is 20.1. The van der Waals surface area contributed by atoms with Gasteiger partial charge in [0.05, 0.1) is 23.1 Å². The maximum atomic E-state index is 14.4. The second-order valence-electron chi connectivity index (χ2n) is 11.9. The van der Waals surface area contributed by atoms with Crippen molar-refractivity contribution in [2.24, 2.45) is 17.3 Å². The normalized spacial score (nSPS) is 20.3. The molecule has 0 radical (unpaired) electrons. The Morgan fingerprint density at radius 3 is 2.55 bits per heavy atom. The largest absolute Gasteiger partial charge is 0.465 e. The predicted octanol–water partition coefficient (Wildman–Crippen LogP) is 4.48. The van der Waals surface area contributed by atoms with Crippen LogP contribution in [0.4, 0.5) is 9.18 Å². The summed E-state index contributed by atoms with van der Waals surface area (Å²) in [7, 11) is 1.64. The average molecular weight is 535 g/mol. The summed E-state index contributed by atoms with van der Waals surface area (Å²) >= 11 is 0. The fourth-order valence-electron chi connectivity index (χ4n) is 5.71. The van der Waals surface area contributed by atoms with Crippen LogP contribution in [0, 0.1) is 23.1 Å². The first-order valence-electron chi connectivity index (χ1n) is 13.4. The summed E-state index contributed by atoms with van der Waals surface area (Å²) in [6.45, 7) is 11.4. The highest BCUT2D eigenvalue weighted by molar-refractivity contribution is 5.95. The van der Waals surface area contributed by atoms with Crippen LogP contribution in [0.3, 0.4) is 0 Å². The van der Waals surface area contributed by atoms with E-state index < -0.39 is 29.4 Å². The van der Waals surface area contributed by atoms with E-state index in [0.717, 1.165) is 6.42 Å². The number of benzene rings is 1. The third-order valence-electron chi connectivity index (χ3n) is 7.23. The monoisotopic (exact) mass is 534 g/mol. The molecule has 2 N–H and O–H groups in total. The highest BCUT2D eigenvalue weighted by atomic mass is 19.1. The minimum Gasteiger partial charge on any atom is -0.465 e. The first kappa shape index (κ1) is 29.8. The summed E-state index contributed by atoms with van der Waals surface area (Å²) in [5.74, 6) is -0.700. The number of carboxylic acid groups (broad SMARTS) is 1. The number of ether oxygens (including phenoxy) is 1. The Morgan fingerprint density at radius 2 is 1.97 bits per heavy atom. The molecule has 9 nitrogen and oxygen atoms in total. The number of piperidine rings is 1. The van der Waals surface area contributed by atoms with Gasteiger partial charge in [-0.15, -0.1) is 0 Å². The van der Waals surface area contributed by atoms with Gasteiger partial charge in [-0.05, 0) is 48.8 Å². The van der Waals surface area contributed by atoms with Crippen LogP contribution in [0.25, 0.3) is 11.0 Å². The molecular weight excluding hydrogens is 491 g/mol. The van der Waals surface area contributed by atoms with Gasteiger partial charge >= 0.3 is 6.09 Å². The van der Waals surface area contributed by atoms with Crippen molar-refractivity contribution in [3.8, 4) is 0 Å². The molecule has 10 heteroatoms. The number of rotatable bonds is 10. The van der Waals surface area contributed by atoms with Crippen molar-refractivity contribution < 1.29 is 28.9 Å². The number of amides is 2. The van der Waals surface area contributed by atoms with Gasteiger partial charge in [-0.25, -0.2) is 14.2 Å². The molecule has 0 saturated carbocycles. The maximum absolute atomic E-state index is 14.4. The molecule has 1 unspecified atom stereocenters. The first-order valence-corrected chi connectivity index (χ1v) is 13.4. The molecule has 3 rings (SSSR count). The second-order valence-corrected chi connectivity index (χ2v) is 11.9. The van der Waals surface area contributed by atoms with Crippen LogP contribution in [0.5, 0.6) is 0 Å². The zero-order valence-electron chi connectivity index (χ0n) is 23.5. The van der Waals surface area contributed by atoms with Gasteiger partial charge in [-0.1, -0.05) is 34.6 Å². The predicted molar refractivity (Wildman–Crippen MR) is 144 cm³/mol. The summed E-state index contributed by atoms with van der Waals surface area (Å²) < 4.78 is 21.2. The number of imidazole rings is 1. The van der Waals surface area contributed by atoms with Crippen LogP contribution in [-0.4, -0.2) is 87.1 Å². The lowest BCUT2D eigenvalue weighted by Crippen LogP contribution is -2.65. The topological polar surface area (TPSA) is 108 Å². The van der Waals surface area contributed by atoms with Crippen molar-refractivity contribution in [2.45, 2.75) is 72.5 Å². The average Bonchev–Trinajstić information content (AvgIpc) is 3.20. The number of aromatic nitrogens is 2. The van der Waals surface area contributed by atoms with Crippen molar-refractivity contribution in [3.05, 3.63) is 29.8 Å². The van der Waals surface area contributed by atoms with Gasteiger partial charge in [0, 0.05) is 45.9 Å². The lowest BCUT2D eigenvalue weighted by Gasteiger charge is -2.52. The number of unbranched alkanes of at least 4 members (excludes halogenated alkanes) is 1. The number of halogens is 1. The molecule has 0 aliphatic carbocycles. The summed E-state index contributed by atoms with van der Waals surface area (Å²) in [6.07, 6.45) is 0.901. The molecule has 2 aromatic rings. The molecule has 0 spiro atoms. The van der Waals surface area contributed by atoms with Gasteiger partial charge in [-0.2, -0.15) is 0 Å². The summed E-state index contributed by atoms with van der Waals surface area (Å²) in [6, 6.07) is 3.35. The van der Waals surface area contributed by atoms with Crippen LogP contribution in [-0.2, 0) is 11.3 Å². The lowest BCUT2D eigenvalue weighted by atomic mass is 9.74. The molecule has 1 aliphatic heterocycles. The summed E-state index contributed by atoms with van der Waals surface area (Å²) in [4.78, 5) is 34.5. The van der Waals surface area contributed by atoms with E-state index in [1.54, 1.807) is 22.6 Å². The van der Waals surface area contributed by atoms with Crippen molar-refractivity contribution in [1.29, 1.82) is 0 Å². The van der Waals surface area contributed by atoms with Crippen molar-refractivity contribution in [1.82, 2.24) is 19.4 Å². The number of hydrogen-bond donors (Lipinski definition) is 2. The van der Waals surface area contributed by atoms with E-state index in [1.807, 2.05) is 34.6 Å². The van der Waals surface area contributed by atoms with Crippen LogP contribution < -0.4 is 0 Å². The quantitative estimate of drug-likeness (QED) is 0.436. The number of fused-ring (bicyclic) bond motifs is 1. The Kier molecular flexibility index (Phi) is 9.75. The third kappa shape index (κ3) is 6.64. The number of methoxy groups -OCH3 is 1. The second kappa shape index (κ2) is 12.4. The highest BCUT2D eigenvalue weighted by Gasteiger charge is 2.48. The fourth-order valence-corrected chi connectivity index (χ4v) is 5.71. The van der Waals surface area contributed by atoms with E-state index in [0.29, 0.717) is 43.6 Å². The number of carbonyl (C=O) groups is 2. The molecule has 1 saturated heterocycles. The van der Waals surface area contributed by atoms with Gasteiger partial charge < -0.3 is 29.3 Å². The number of aryl methyl sites for hydroxylation is 1. The van der Waals surface area contributed by atoms with Gasteiger partial charge in [-0.3, -0.25) is 4.79 Å². The minimum atomic E-state index is -1.06. The third-order valence-corrected chi connectivity index (χ3v) is 7.23. The van der Waals surface area contributed by atoms with Crippen LogP contribution >= 0.6 is 0 Å². The Morgan fingerprint density at radius 1 is 1.26 bits per heavy atom. The van der Waals surface area contributed by atoms with Crippen LogP contribution in [0.1, 0.15) is 64.5 Å². The number of likely N-dealkylation sites (tertiary alicyclic amines) is 1. The smallest absolute Gasteiger partial charge is 0.407 e. The number of hydrogen-bond acceptors (Lipinski definition) is 5. The fraction of sp³-hybridized carbons (Fsp3) is 0.679. The van der Waals surface area contributed by atoms with E-state index in [4.69, 9.17) is 4.74 Å². The number of aliphatic hydroxyl groups is 1. The molecule has 2 heterocycles. The molecule has 1 fully saturated rings. The minimum absolute atomic E-state index is 0.101. The molecule has 3 atom stereocenters. The van der Waals surface area contributed by atoms with Crippen molar-refractivity contribution >= 4 is 23.0 Å². The van der Waals surface area contributed by atoms with E-state index in [9.17, 15) is 24.2 Å². The number of nitrogens with zero attached hydrogens (tertiary/aromatic N) is 4. The standard InChI is InChI=1S/C28H43FN4O5/c1-18(2)15-32(23-13-19(17-34)16-33(27(36)37)24(23)28(3,4)5)26(35)25-30-21-10-9-20(29)14-22(21)31(25)11-7-8-12-38-6/h9-10,14,18-19,23-24,34H,7-8,11-13,15-17H2,1-6H3,(H,36,37)/t19-,23+,24?/m1/s1. The van der Waals surface area contributed by atoms with Crippen molar-refractivity contribution in [2.75, 3.05) is 33.4 Å². The molecular formula is C28H43FN4O5. The Balaban J connectivity index is 2.12. The molecule has 1 aliphatic rings. The maximum Gasteiger partial charge on any atom is 0.407 e. The highest BCUT2D eigenvalue weighted by Crippen LogP contribution is 2.38. The molecule has 1 aromatic carbocycles. The van der Waals surface area contributed by atoms with Gasteiger partial charge in [0.2, 0.25) is 0 Å². The van der Waals surface area contributed by atoms with E-state index in [1.165, 1.54) is 17.0 Å². The van der Waals surface area contributed by atoms with E-state index in [-0.39, 0.29) is 36.7 Å². The zero-order chi connectivity index (χ0) is 28.2. The van der Waals surface area contributed by atoms with Gasteiger partial charge in [0.1, 0.15) is 5.82 Å². The van der Waals surface area contributed by atoms with E-state index in [2.05, 4.69) is 4.98 Å². The van der Waals surface area contributed by atoms with Crippen molar-refractivity contribution in [3.63, 3.8) is 0 Å². The Hall–Kier alpha value is -2.72. The van der Waals surface area contributed by atoms with E-state index >= 15 is 0 Å². The number of carbonyl (C=O) groups excluding carboxylic acids is 1. The molecule has 38 heavy (non-hydrogen) atoms. The lowest BCUT2D eigenvalue weighted by molar-refractivity contribution is -0.0321. The van der Waals surface area contributed by atoms with Crippen LogP contribution in [0.2, 0.25) is 0 Å². The number of aliphatic hydroxyl groups excluding tert-OH is 1.